The van der Waals surface area contributed by atoms with Gasteiger partial charge in [0.05, 0.1) is 13.7 Å². The van der Waals surface area contributed by atoms with Gasteiger partial charge in [0.15, 0.2) is 17.3 Å². The molecule has 28 heavy (non-hydrogen) atoms. The highest BCUT2D eigenvalue weighted by molar-refractivity contribution is 6.10. The summed E-state index contributed by atoms with van der Waals surface area (Å²) in [4.78, 5) is 18.8. The summed E-state index contributed by atoms with van der Waals surface area (Å²) in [5.74, 6) is 0.776. The SMILES string of the molecule is COc1cc2c(cc1O)CCN(CC(=O)c1c(C)[nH]c3cc(C)ccc13)C2C. The molecular weight excluding hydrogens is 352 g/mol. The maximum atomic E-state index is 13.2. The highest BCUT2D eigenvalue weighted by Crippen LogP contribution is 2.37. The number of carbonyl (C=O) groups is 1. The van der Waals surface area contributed by atoms with Crippen molar-refractivity contribution in [3.8, 4) is 11.5 Å². The summed E-state index contributed by atoms with van der Waals surface area (Å²) in [5.41, 5.74) is 6.12. The van der Waals surface area contributed by atoms with Crippen LogP contribution in [0.2, 0.25) is 0 Å². The highest BCUT2D eigenvalue weighted by atomic mass is 16.5. The zero-order valence-corrected chi connectivity index (χ0v) is 16.8. The molecule has 0 amide bonds. The average Bonchev–Trinajstić information content (AvgIpc) is 2.98. The van der Waals surface area contributed by atoms with E-state index in [-0.39, 0.29) is 17.6 Å². The van der Waals surface area contributed by atoms with E-state index < -0.39 is 0 Å². The molecule has 0 bridgehead atoms. The Bertz CT molecular complexity index is 1070. The van der Waals surface area contributed by atoms with Crippen LogP contribution >= 0.6 is 0 Å². The van der Waals surface area contributed by atoms with Crippen LogP contribution < -0.4 is 4.74 Å². The van der Waals surface area contributed by atoms with Gasteiger partial charge >= 0.3 is 0 Å². The van der Waals surface area contributed by atoms with E-state index in [1.807, 2.05) is 25.1 Å². The number of aromatic nitrogens is 1. The Balaban J connectivity index is 1.62. The van der Waals surface area contributed by atoms with Crippen molar-refractivity contribution in [2.45, 2.75) is 33.2 Å². The molecule has 4 rings (SSSR count). The molecule has 1 aliphatic heterocycles. The fourth-order valence-corrected chi connectivity index (χ4v) is 4.34. The van der Waals surface area contributed by atoms with Crippen LogP contribution in [-0.2, 0) is 6.42 Å². The maximum absolute atomic E-state index is 13.2. The summed E-state index contributed by atoms with van der Waals surface area (Å²) < 4.78 is 5.27. The van der Waals surface area contributed by atoms with E-state index in [1.54, 1.807) is 13.2 Å². The van der Waals surface area contributed by atoms with Crippen LogP contribution in [-0.4, -0.2) is 41.0 Å². The van der Waals surface area contributed by atoms with Gasteiger partial charge in [0.2, 0.25) is 0 Å². The third kappa shape index (κ3) is 3.06. The van der Waals surface area contributed by atoms with Gasteiger partial charge in [-0.2, -0.15) is 0 Å². The molecule has 2 N–H and O–H groups in total. The van der Waals surface area contributed by atoms with Gasteiger partial charge in [0.1, 0.15) is 0 Å². The lowest BCUT2D eigenvalue weighted by molar-refractivity contribution is 0.0891. The van der Waals surface area contributed by atoms with Crippen molar-refractivity contribution in [2.75, 3.05) is 20.2 Å². The first-order valence-electron chi connectivity index (χ1n) is 9.65. The number of rotatable bonds is 4. The number of aromatic hydroxyl groups is 1. The Labute approximate surface area is 164 Å². The number of methoxy groups -OCH3 is 1. The number of ketones is 1. The Morgan fingerprint density at radius 3 is 2.82 bits per heavy atom. The molecule has 1 aliphatic rings. The molecule has 0 saturated heterocycles. The highest BCUT2D eigenvalue weighted by Gasteiger charge is 2.28. The molecule has 5 heteroatoms. The van der Waals surface area contributed by atoms with Crippen molar-refractivity contribution in [1.82, 2.24) is 9.88 Å². The minimum absolute atomic E-state index is 0.0787. The molecule has 2 aromatic carbocycles. The maximum Gasteiger partial charge on any atom is 0.179 e. The van der Waals surface area contributed by atoms with Crippen molar-refractivity contribution < 1.29 is 14.6 Å². The van der Waals surface area contributed by atoms with E-state index in [4.69, 9.17) is 4.74 Å². The first-order valence-corrected chi connectivity index (χ1v) is 9.65. The lowest BCUT2D eigenvalue weighted by Gasteiger charge is -2.35. The largest absolute Gasteiger partial charge is 0.504 e. The van der Waals surface area contributed by atoms with Crippen LogP contribution in [0.4, 0.5) is 0 Å². The topological polar surface area (TPSA) is 65.6 Å². The Morgan fingerprint density at radius 1 is 1.29 bits per heavy atom. The number of phenolic OH excluding ortho intramolecular Hbond substituents is 1. The smallest absolute Gasteiger partial charge is 0.179 e. The van der Waals surface area contributed by atoms with E-state index in [9.17, 15) is 9.90 Å². The summed E-state index contributed by atoms with van der Waals surface area (Å²) in [6.07, 6.45) is 0.802. The van der Waals surface area contributed by atoms with Gasteiger partial charge < -0.3 is 14.8 Å². The van der Waals surface area contributed by atoms with Gasteiger partial charge in [-0.3, -0.25) is 9.69 Å². The van der Waals surface area contributed by atoms with Gasteiger partial charge in [-0.25, -0.2) is 0 Å². The molecule has 2 heterocycles. The number of nitrogens with one attached hydrogen (secondary N) is 1. The number of Topliss-reactive ketones (excluding diaryl/α,β-unsaturated/α-hetero) is 1. The second-order valence-electron chi connectivity index (χ2n) is 7.72. The third-order valence-electron chi connectivity index (χ3n) is 5.87. The van der Waals surface area contributed by atoms with Gasteiger partial charge in [-0.1, -0.05) is 12.1 Å². The van der Waals surface area contributed by atoms with Crippen molar-refractivity contribution >= 4 is 16.7 Å². The van der Waals surface area contributed by atoms with E-state index in [0.717, 1.165) is 46.3 Å². The summed E-state index contributed by atoms with van der Waals surface area (Å²) in [7, 11) is 1.55. The number of aromatic amines is 1. The van der Waals surface area contributed by atoms with E-state index in [1.165, 1.54) is 5.56 Å². The molecule has 0 fully saturated rings. The number of hydrogen-bond donors (Lipinski definition) is 2. The number of H-pyrrole nitrogens is 1. The van der Waals surface area contributed by atoms with Gasteiger partial charge in [-0.15, -0.1) is 0 Å². The molecule has 3 aromatic rings. The normalized spacial score (nSPS) is 16.9. The molecule has 0 aliphatic carbocycles. The lowest BCUT2D eigenvalue weighted by atomic mass is 9.92. The summed E-state index contributed by atoms with van der Waals surface area (Å²) in [6, 6.07) is 9.92. The van der Waals surface area contributed by atoms with Crippen LogP contribution in [0.25, 0.3) is 10.9 Å². The molecule has 0 radical (unpaired) electrons. The van der Waals surface area contributed by atoms with Gasteiger partial charge in [0, 0.05) is 34.7 Å². The summed E-state index contributed by atoms with van der Waals surface area (Å²) in [6.45, 7) is 7.27. The Hall–Kier alpha value is -2.79. The standard InChI is InChI=1S/C23H26N2O3/c1-13-5-6-17-19(9-13)24-14(2)23(17)21(27)12-25-8-7-16-10-20(26)22(28-4)11-18(16)15(25)3/h5-6,9-11,15,24,26H,7-8,12H2,1-4H3. The minimum atomic E-state index is 0.0787. The quantitative estimate of drug-likeness (QED) is 0.664. The number of benzene rings is 2. The molecule has 5 nitrogen and oxygen atoms in total. The van der Waals surface area contributed by atoms with Crippen LogP contribution in [0.5, 0.6) is 11.5 Å². The fraction of sp³-hybridized carbons (Fsp3) is 0.348. The van der Waals surface area contributed by atoms with Crippen molar-refractivity contribution in [3.05, 3.63) is 58.3 Å². The van der Waals surface area contributed by atoms with E-state index >= 15 is 0 Å². The number of ether oxygens (including phenoxy) is 1. The molecule has 0 saturated carbocycles. The second-order valence-corrected chi connectivity index (χ2v) is 7.72. The van der Waals surface area contributed by atoms with Crippen molar-refractivity contribution in [2.24, 2.45) is 0 Å². The number of phenols is 1. The molecule has 0 spiro atoms. The van der Waals surface area contributed by atoms with Gasteiger partial charge in [-0.05, 0) is 62.1 Å². The minimum Gasteiger partial charge on any atom is -0.504 e. The van der Waals surface area contributed by atoms with Gasteiger partial charge in [0.25, 0.3) is 0 Å². The van der Waals surface area contributed by atoms with Crippen LogP contribution in [0, 0.1) is 13.8 Å². The number of fused-ring (bicyclic) bond motifs is 2. The predicted molar refractivity (Wildman–Crippen MR) is 110 cm³/mol. The number of carbonyl (C=O) groups excluding carboxylic acids is 1. The average molecular weight is 378 g/mol. The number of nitrogens with zero attached hydrogens (tertiary/aromatic N) is 1. The van der Waals surface area contributed by atoms with E-state index in [0.29, 0.717) is 12.3 Å². The fourth-order valence-electron chi connectivity index (χ4n) is 4.34. The first kappa shape index (κ1) is 18.6. The van der Waals surface area contributed by atoms with E-state index in [2.05, 4.69) is 29.8 Å². The number of aryl methyl sites for hydroxylation is 2. The monoisotopic (exact) mass is 378 g/mol. The number of hydrogen-bond acceptors (Lipinski definition) is 4. The zero-order chi connectivity index (χ0) is 20.0. The molecule has 146 valence electrons. The van der Waals surface area contributed by atoms with Crippen LogP contribution in [0.1, 0.15) is 45.7 Å². The third-order valence-corrected chi connectivity index (χ3v) is 5.87. The van der Waals surface area contributed by atoms with Crippen LogP contribution in [0.15, 0.2) is 30.3 Å². The summed E-state index contributed by atoms with van der Waals surface area (Å²) >= 11 is 0. The van der Waals surface area contributed by atoms with Crippen molar-refractivity contribution in [1.29, 1.82) is 0 Å². The molecule has 1 atom stereocenters. The molecule has 1 unspecified atom stereocenters. The van der Waals surface area contributed by atoms with Crippen molar-refractivity contribution in [3.63, 3.8) is 0 Å². The zero-order valence-electron chi connectivity index (χ0n) is 16.8. The molecular formula is C23H26N2O3. The van der Waals surface area contributed by atoms with Crippen LogP contribution in [0.3, 0.4) is 0 Å². The summed E-state index contributed by atoms with van der Waals surface area (Å²) in [5, 5.41) is 11.0. The molecule has 1 aromatic heterocycles. The first-order chi connectivity index (χ1) is 13.4. The second kappa shape index (κ2) is 6.99. The Morgan fingerprint density at radius 2 is 2.07 bits per heavy atom. The lowest BCUT2D eigenvalue weighted by Crippen LogP contribution is -2.37. The predicted octanol–water partition coefficient (Wildman–Crippen LogP) is 4.30. The Kier molecular flexibility index (Phi) is 4.63.